The van der Waals surface area contributed by atoms with E-state index in [0.717, 1.165) is 41.0 Å². The number of benzene rings is 3. The van der Waals surface area contributed by atoms with Crippen molar-refractivity contribution >= 4 is 21.8 Å². The normalized spacial score (nSPS) is 19.3. The van der Waals surface area contributed by atoms with Gasteiger partial charge in [-0.2, -0.15) is 0 Å². The van der Waals surface area contributed by atoms with Crippen LogP contribution in [0.15, 0.2) is 66.7 Å². The summed E-state index contributed by atoms with van der Waals surface area (Å²) in [6, 6.07) is 18.9. The quantitative estimate of drug-likeness (QED) is 0.605. The number of amides is 1. The molecule has 0 radical (unpaired) electrons. The van der Waals surface area contributed by atoms with Crippen LogP contribution in [0.4, 0.5) is 0 Å². The zero-order valence-corrected chi connectivity index (χ0v) is 18.1. The molecule has 1 unspecified atom stereocenters. The minimum absolute atomic E-state index is 0.0100. The highest BCUT2D eigenvalue weighted by Gasteiger charge is 2.29. The van der Waals surface area contributed by atoms with E-state index in [9.17, 15) is 14.1 Å². The maximum Gasteiger partial charge on any atom is 0.257 e. The molecule has 0 aromatic heterocycles. The number of phenols is 1. The van der Waals surface area contributed by atoms with Gasteiger partial charge in [0.05, 0.1) is 12.0 Å². The first-order valence-corrected chi connectivity index (χ1v) is 11.4. The SMILES string of the molecule is COc1cccc(Oc2cccc3c2CC[C@@H]3c2ccc(C3=CC(=O)NS3=O)c(O)c2)c1. The molecule has 162 valence electrons. The largest absolute Gasteiger partial charge is 0.507 e. The Morgan fingerprint density at radius 3 is 2.62 bits per heavy atom. The van der Waals surface area contributed by atoms with Gasteiger partial charge in [0, 0.05) is 23.6 Å². The van der Waals surface area contributed by atoms with Crippen molar-refractivity contribution in [3.63, 3.8) is 0 Å². The van der Waals surface area contributed by atoms with E-state index < -0.39 is 16.9 Å². The van der Waals surface area contributed by atoms with Gasteiger partial charge in [-0.25, -0.2) is 4.21 Å². The topological polar surface area (TPSA) is 84.9 Å². The number of ether oxygens (including phenoxy) is 2. The highest BCUT2D eigenvalue weighted by molar-refractivity contribution is 7.94. The molecule has 1 amide bonds. The predicted molar refractivity (Wildman–Crippen MR) is 122 cm³/mol. The lowest BCUT2D eigenvalue weighted by Crippen LogP contribution is -2.16. The molecule has 0 spiro atoms. The van der Waals surface area contributed by atoms with E-state index in [2.05, 4.69) is 10.8 Å². The Kier molecular flexibility index (Phi) is 5.19. The molecule has 1 aliphatic carbocycles. The van der Waals surface area contributed by atoms with Gasteiger partial charge in [0.1, 0.15) is 23.0 Å². The van der Waals surface area contributed by atoms with Crippen LogP contribution in [-0.4, -0.2) is 22.3 Å². The summed E-state index contributed by atoms with van der Waals surface area (Å²) < 4.78 is 25.8. The Morgan fingerprint density at radius 1 is 1.06 bits per heavy atom. The lowest BCUT2D eigenvalue weighted by Gasteiger charge is -2.16. The first-order chi connectivity index (χ1) is 15.5. The van der Waals surface area contributed by atoms with Crippen LogP contribution in [0.2, 0.25) is 0 Å². The monoisotopic (exact) mass is 447 g/mol. The average Bonchev–Trinajstić information content (AvgIpc) is 3.37. The Bertz CT molecular complexity index is 1280. The van der Waals surface area contributed by atoms with Crippen molar-refractivity contribution in [3.05, 3.63) is 89.0 Å². The molecule has 0 saturated heterocycles. The third-order valence-electron chi connectivity index (χ3n) is 5.84. The van der Waals surface area contributed by atoms with Gasteiger partial charge < -0.3 is 14.6 Å². The number of fused-ring (bicyclic) bond motifs is 1. The molecule has 32 heavy (non-hydrogen) atoms. The molecule has 0 bridgehead atoms. The van der Waals surface area contributed by atoms with Crippen molar-refractivity contribution in [2.24, 2.45) is 0 Å². The fraction of sp³-hybridized carbons (Fsp3) is 0.160. The van der Waals surface area contributed by atoms with Crippen molar-refractivity contribution in [1.82, 2.24) is 4.72 Å². The zero-order valence-electron chi connectivity index (χ0n) is 17.3. The van der Waals surface area contributed by atoms with Crippen LogP contribution < -0.4 is 14.2 Å². The van der Waals surface area contributed by atoms with Gasteiger partial charge in [0.25, 0.3) is 5.91 Å². The molecule has 3 aromatic rings. The van der Waals surface area contributed by atoms with Crippen LogP contribution >= 0.6 is 0 Å². The molecular weight excluding hydrogens is 426 g/mol. The summed E-state index contributed by atoms with van der Waals surface area (Å²) in [6.07, 6.45) is 3.01. The van der Waals surface area contributed by atoms with Crippen molar-refractivity contribution in [1.29, 1.82) is 0 Å². The minimum atomic E-state index is -1.65. The summed E-state index contributed by atoms with van der Waals surface area (Å²) in [7, 11) is -0.0209. The molecule has 2 N–H and O–H groups in total. The first kappa shape index (κ1) is 20.3. The van der Waals surface area contributed by atoms with Gasteiger partial charge >= 0.3 is 0 Å². The third kappa shape index (κ3) is 3.65. The van der Waals surface area contributed by atoms with Crippen LogP contribution in [0, 0.1) is 0 Å². The maximum absolute atomic E-state index is 12.0. The molecule has 2 aliphatic rings. The molecule has 6 nitrogen and oxygen atoms in total. The van der Waals surface area contributed by atoms with Gasteiger partial charge in [-0.1, -0.05) is 24.3 Å². The molecule has 3 aromatic carbocycles. The molecular formula is C25H21NO5S. The standard InChI is InChI=1S/C25H21NO5S/c1-30-16-4-2-5-17(13-16)31-23-7-3-6-19-18(10-11-20(19)23)15-8-9-21(22(27)12-15)24-14-25(28)26-32(24)29/h2-9,12-14,18,27H,10-11H2,1H3,(H,26,28)/t18-,32?/m1/s1. The second kappa shape index (κ2) is 8.16. The van der Waals surface area contributed by atoms with Gasteiger partial charge in [-0.05, 0) is 59.9 Å². The summed E-state index contributed by atoms with van der Waals surface area (Å²) in [4.78, 5) is 11.8. The molecule has 2 atom stereocenters. The van der Waals surface area contributed by atoms with Crippen LogP contribution in [-0.2, 0) is 22.2 Å². The number of carbonyl (C=O) groups is 1. The van der Waals surface area contributed by atoms with Gasteiger partial charge in [-0.3, -0.25) is 9.52 Å². The summed E-state index contributed by atoms with van der Waals surface area (Å²) in [6.45, 7) is 0. The minimum Gasteiger partial charge on any atom is -0.507 e. The lowest BCUT2D eigenvalue weighted by molar-refractivity contribution is -0.114. The van der Waals surface area contributed by atoms with E-state index in [1.54, 1.807) is 19.2 Å². The Balaban J connectivity index is 1.44. The van der Waals surface area contributed by atoms with Crippen LogP contribution in [0.1, 0.15) is 34.6 Å². The second-order valence-electron chi connectivity index (χ2n) is 7.72. The Labute approximate surface area is 188 Å². The molecule has 5 rings (SSSR count). The van der Waals surface area contributed by atoms with Crippen LogP contribution in [0.5, 0.6) is 23.0 Å². The lowest BCUT2D eigenvalue weighted by atomic mass is 9.92. The number of hydrogen-bond acceptors (Lipinski definition) is 5. The number of carbonyl (C=O) groups excluding carboxylic acids is 1. The maximum atomic E-state index is 12.0. The van der Waals surface area contributed by atoms with Crippen molar-refractivity contribution in [2.75, 3.05) is 7.11 Å². The fourth-order valence-electron chi connectivity index (χ4n) is 4.35. The van der Waals surface area contributed by atoms with E-state index in [1.807, 2.05) is 42.5 Å². The van der Waals surface area contributed by atoms with Crippen molar-refractivity contribution in [2.45, 2.75) is 18.8 Å². The molecule has 1 aliphatic heterocycles. The zero-order chi connectivity index (χ0) is 22.2. The van der Waals surface area contributed by atoms with Crippen molar-refractivity contribution < 1.29 is 23.6 Å². The van der Waals surface area contributed by atoms with Crippen LogP contribution in [0.3, 0.4) is 0 Å². The van der Waals surface area contributed by atoms with E-state index in [-0.39, 0.29) is 11.7 Å². The molecule has 0 fully saturated rings. The smallest absolute Gasteiger partial charge is 0.257 e. The number of nitrogens with one attached hydrogen (secondary N) is 1. The van der Waals surface area contributed by atoms with Gasteiger partial charge in [0.2, 0.25) is 0 Å². The summed E-state index contributed by atoms with van der Waals surface area (Å²) >= 11 is 0. The second-order valence-corrected chi connectivity index (χ2v) is 8.90. The summed E-state index contributed by atoms with van der Waals surface area (Å²) in [5.74, 6) is 1.96. The number of methoxy groups -OCH3 is 1. The first-order valence-electron chi connectivity index (χ1n) is 10.2. The fourth-order valence-corrected chi connectivity index (χ4v) is 5.29. The average molecular weight is 448 g/mol. The molecule has 1 heterocycles. The van der Waals surface area contributed by atoms with E-state index in [0.29, 0.717) is 16.2 Å². The highest BCUT2D eigenvalue weighted by atomic mass is 32.2. The Hall–Kier alpha value is -3.58. The highest BCUT2D eigenvalue weighted by Crippen LogP contribution is 2.44. The summed E-state index contributed by atoms with van der Waals surface area (Å²) in [5.41, 5.74) is 3.68. The number of rotatable bonds is 5. The third-order valence-corrected chi connectivity index (χ3v) is 6.97. The number of hydrogen-bond donors (Lipinski definition) is 2. The Morgan fingerprint density at radius 2 is 1.88 bits per heavy atom. The number of phenolic OH excluding ortho intramolecular Hbond substituents is 1. The van der Waals surface area contributed by atoms with Gasteiger partial charge in [-0.15, -0.1) is 0 Å². The molecule has 0 saturated carbocycles. The van der Waals surface area contributed by atoms with E-state index in [1.165, 1.54) is 6.08 Å². The number of aromatic hydroxyl groups is 1. The van der Waals surface area contributed by atoms with Crippen molar-refractivity contribution in [3.8, 4) is 23.0 Å². The van der Waals surface area contributed by atoms with Gasteiger partial charge in [0.15, 0.2) is 11.0 Å². The molecule has 7 heteroatoms. The van der Waals surface area contributed by atoms with E-state index in [4.69, 9.17) is 9.47 Å². The van der Waals surface area contributed by atoms with Crippen LogP contribution in [0.25, 0.3) is 4.91 Å². The predicted octanol–water partition coefficient (Wildman–Crippen LogP) is 4.41. The van der Waals surface area contributed by atoms with E-state index >= 15 is 0 Å². The summed E-state index contributed by atoms with van der Waals surface area (Å²) in [5, 5.41) is 10.6.